The molecule has 0 bridgehead atoms. The lowest BCUT2D eigenvalue weighted by atomic mass is 10.0. The zero-order valence-electron chi connectivity index (χ0n) is 17.0. The van der Waals surface area contributed by atoms with E-state index in [9.17, 15) is 10.5 Å². The fourth-order valence-electron chi connectivity index (χ4n) is 3.37. The molecule has 0 saturated heterocycles. The van der Waals surface area contributed by atoms with Crippen LogP contribution in [0.5, 0.6) is 0 Å². The summed E-state index contributed by atoms with van der Waals surface area (Å²) in [5, 5.41) is 25.7. The summed E-state index contributed by atoms with van der Waals surface area (Å²) in [5.41, 5.74) is 4.32. The molecule has 4 nitrogen and oxygen atoms in total. The highest BCUT2D eigenvalue weighted by molar-refractivity contribution is 5.32. The molecule has 3 aromatic rings. The normalized spacial score (nSPS) is 12.5. The molecule has 0 amide bonds. The maximum Gasteiger partial charge on any atom is 0.121 e. The lowest BCUT2D eigenvalue weighted by Gasteiger charge is -2.15. The summed E-state index contributed by atoms with van der Waals surface area (Å²) in [6, 6.07) is 32.1. The zero-order chi connectivity index (χ0) is 21.0. The Morgan fingerprint density at radius 3 is 1.27 bits per heavy atom. The van der Waals surface area contributed by atoms with E-state index < -0.39 is 0 Å². The third-order valence-corrected chi connectivity index (χ3v) is 5.07. The second-order valence-corrected chi connectivity index (χ2v) is 7.17. The van der Waals surface area contributed by atoms with Crippen LogP contribution in [0.15, 0.2) is 84.9 Å². The fraction of sp³-hybridized carbons (Fsp3) is 0.231. The lowest BCUT2D eigenvalue weighted by Crippen LogP contribution is -2.24. The first-order valence-electron chi connectivity index (χ1n) is 10.2. The van der Waals surface area contributed by atoms with Crippen molar-refractivity contribution in [3.63, 3.8) is 0 Å². The van der Waals surface area contributed by atoms with Crippen molar-refractivity contribution in [1.29, 1.82) is 10.5 Å². The van der Waals surface area contributed by atoms with Gasteiger partial charge in [-0.2, -0.15) is 10.5 Å². The zero-order valence-corrected chi connectivity index (χ0v) is 17.0. The third kappa shape index (κ3) is 6.29. The number of rotatable bonds is 10. The standard InChI is InChI=1S/C26H26N4/c27-19-25(29-17-15-21-7-3-1-4-8-21)23-11-13-24(14-12-23)26(20-28)30-18-16-22-9-5-2-6-10-22/h1-14,25-26,29-30H,15-18H2/t25-,26-/m1/s1. The predicted molar refractivity (Wildman–Crippen MR) is 119 cm³/mol. The molecule has 3 rings (SSSR count). The smallest absolute Gasteiger partial charge is 0.121 e. The summed E-state index contributed by atoms with van der Waals surface area (Å²) in [6.07, 6.45) is 1.75. The largest absolute Gasteiger partial charge is 0.298 e. The van der Waals surface area contributed by atoms with Crippen molar-refractivity contribution in [2.45, 2.75) is 24.9 Å². The van der Waals surface area contributed by atoms with Crippen LogP contribution in [-0.4, -0.2) is 13.1 Å². The molecule has 2 N–H and O–H groups in total. The molecule has 0 saturated carbocycles. The van der Waals surface area contributed by atoms with Crippen LogP contribution in [0.1, 0.15) is 34.3 Å². The van der Waals surface area contributed by atoms with Crippen molar-refractivity contribution in [2.24, 2.45) is 0 Å². The number of hydrogen-bond donors (Lipinski definition) is 2. The Morgan fingerprint density at radius 1 is 0.567 bits per heavy atom. The summed E-state index contributed by atoms with van der Waals surface area (Å²) in [5.74, 6) is 0. The Hall–Kier alpha value is -3.44. The van der Waals surface area contributed by atoms with E-state index >= 15 is 0 Å². The number of nitrogens with one attached hydrogen (secondary N) is 2. The minimum atomic E-state index is -0.366. The van der Waals surface area contributed by atoms with Gasteiger partial charge in [0.1, 0.15) is 12.1 Å². The number of nitriles is 2. The molecule has 0 heterocycles. The Kier molecular flexibility index (Phi) is 8.18. The monoisotopic (exact) mass is 394 g/mol. The molecule has 0 aliphatic heterocycles. The van der Waals surface area contributed by atoms with Gasteiger partial charge < -0.3 is 0 Å². The van der Waals surface area contributed by atoms with E-state index in [-0.39, 0.29) is 12.1 Å². The van der Waals surface area contributed by atoms with E-state index in [0.717, 1.165) is 37.1 Å². The van der Waals surface area contributed by atoms with Gasteiger partial charge in [-0.15, -0.1) is 0 Å². The maximum atomic E-state index is 9.55. The van der Waals surface area contributed by atoms with Gasteiger partial charge in [0.25, 0.3) is 0 Å². The lowest BCUT2D eigenvalue weighted by molar-refractivity contribution is 0.622. The molecule has 3 aromatic carbocycles. The SMILES string of the molecule is N#C[C@@H](NCCc1ccccc1)c1ccc([C@@H](C#N)NCCc2ccccc2)cc1. The minimum absolute atomic E-state index is 0.366. The van der Waals surface area contributed by atoms with Crippen molar-refractivity contribution in [3.05, 3.63) is 107 Å². The molecular formula is C26H26N4. The molecular weight excluding hydrogens is 368 g/mol. The van der Waals surface area contributed by atoms with Crippen molar-refractivity contribution >= 4 is 0 Å². The highest BCUT2D eigenvalue weighted by Crippen LogP contribution is 2.18. The maximum absolute atomic E-state index is 9.55. The van der Waals surface area contributed by atoms with Crippen LogP contribution in [0.2, 0.25) is 0 Å². The molecule has 4 heteroatoms. The van der Waals surface area contributed by atoms with Crippen LogP contribution in [0.3, 0.4) is 0 Å². The summed E-state index contributed by atoms with van der Waals surface area (Å²) >= 11 is 0. The van der Waals surface area contributed by atoms with Crippen LogP contribution in [0.25, 0.3) is 0 Å². The first kappa shape index (κ1) is 21.3. The van der Waals surface area contributed by atoms with Crippen LogP contribution in [0.4, 0.5) is 0 Å². The number of hydrogen-bond acceptors (Lipinski definition) is 4. The first-order valence-corrected chi connectivity index (χ1v) is 10.2. The third-order valence-electron chi connectivity index (χ3n) is 5.07. The second kappa shape index (κ2) is 11.5. The molecule has 0 fully saturated rings. The van der Waals surface area contributed by atoms with Crippen LogP contribution in [0, 0.1) is 22.7 Å². The Balaban J connectivity index is 1.52. The van der Waals surface area contributed by atoms with Crippen molar-refractivity contribution < 1.29 is 0 Å². The molecule has 2 atom stereocenters. The van der Waals surface area contributed by atoms with Crippen molar-refractivity contribution in [2.75, 3.05) is 13.1 Å². The number of benzene rings is 3. The van der Waals surface area contributed by atoms with Gasteiger partial charge >= 0.3 is 0 Å². The van der Waals surface area contributed by atoms with Gasteiger partial charge in [-0.1, -0.05) is 84.9 Å². The quantitative estimate of drug-likeness (QED) is 0.532. The van der Waals surface area contributed by atoms with Gasteiger partial charge in [-0.05, 0) is 35.1 Å². The van der Waals surface area contributed by atoms with E-state index in [1.165, 1.54) is 11.1 Å². The van der Waals surface area contributed by atoms with E-state index in [0.29, 0.717) is 0 Å². The molecule has 0 aliphatic rings. The van der Waals surface area contributed by atoms with Gasteiger partial charge in [-0.25, -0.2) is 0 Å². The average molecular weight is 395 g/mol. The Labute approximate surface area is 178 Å². The molecule has 0 unspecified atom stereocenters. The van der Waals surface area contributed by atoms with Gasteiger partial charge in [0, 0.05) is 13.1 Å². The van der Waals surface area contributed by atoms with E-state index in [1.54, 1.807) is 0 Å². The molecule has 150 valence electrons. The van der Waals surface area contributed by atoms with E-state index in [2.05, 4.69) is 47.0 Å². The van der Waals surface area contributed by atoms with Crippen molar-refractivity contribution in [3.8, 4) is 12.1 Å². The molecule has 0 aliphatic carbocycles. The van der Waals surface area contributed by atoms with E-state index in [4.69, 9.17) is 0 Å². The first-order chi connectivity index (χ1) is 14.8. The van der Waals surface area contributed by atoms with E-state index in [1.807, 2.05) is 60.7 Å². The fourth-order valence-corrected chi connectivity index (χ4v) is 3.37. The van der Waals surface area contributed by atoms with Gasteiger partial charge in [0.05, 0.1) is 12.1 Å². The Morgan fingerprint density at radius 2 is 0.933 bits per heavy atom. The summed E-state index contributed by atoms with van der Waals surface area (Å²) in [6.45, 7) is 1.46. The highest BCUT2D eigenvalue weighted by Gasteiger charge is 2.13. The molecule has 30 heavy (non-hydrogen) atoms. The second-order valence-electron chi connectivity index (χ2n) is 7.17. The summed E-state index contributed by atoms with van der Waals surface area (Å²) < 4.78 is 0. The van der Waals surface area contributed by atoms with Gasteiger partial charge in [-0.3, -0.25) is 10.6 Å². The highest BCUT2D eigenvalue weighted by atomic mass is 14.9. The minimum Gasteiger partial charge on any atom is -0.298 e. The Bertz CT molecular complexity index is 887. The predicted octanol–water partition coefficient (Wildman–Crippen LogP) is 4.48. The topological polar surface area (TPSA) is 71.6 Å². The average Bonchev–Trinajstić information content (AvgIpc) is 2.81. The van der Waals surface area contributed by atoms with Gasteiger partial charge in [0.15, 0.2) is 0 Å². The van der Waals surface area contributed by atoms with Gasteiger partial charge in [0.2, 0.25) is 0 Å². The van der Waals surface area contributed by atoms with Crippen molar-refractivity contribution in [1.82, 2.24) is 10.6 Å². The molecule has 0 spiro atoms. The number of nitrogens with zero attached hydrogens (tertiary/aromatic N) is 2. The van der Waals surface area contributed by atoms with Crippen LogP contribution >= 0.6 is 0 Å². The molecule has 0 radical (unpaired) electrons. The summed E-state index contributed by atoms with van der Waals surface area (Å²) in [7, 11) is 0. The van der Waals surface area contributed by atoms with Crippen LogP contribution < -0.4 is 10.6 Å². The van der Waals surface area contributed by atoms with Crippen LogP contribution in [-0.2, 0) is 12.8 Å². The molecule has 0 aromatic heterocycles. The summed E-state index contributed by atoms with van der Waals surface area (Å²) in [4.78, 5) is 0.